The van der Waals surface area contributed by atoms with E-state index in [1.54, 1.807) is 0 Å². The first-order valence-electron chi connectivity index (χ1n) is 18.6. The van der Waals surface area contributed by atoms with Crippen LogP contribution in [0.5, 0.6) is 0 Å². The van der Waals surface area contributed by atoms with Crippen LogP contribution in [0.4, 0.5) is 0 Å². The van der Waals surface area contributed by atoms with E-state index in [1.165, 1.54) is 49.5 Å². The van der Waals surface area contributed by atoms with E-state index in [2.05, 4.69) is 166 Å². The second-order valence-corrected chi connectivity index (χ2v) is 14.9. The first kappa shape index (κ1) is 30.8. The van der Waals surface area contributed by atoms with E-state index in [-0.39, 0.29) is 5.41 Å². The maximum Gasteiger partial charge on any atom is 0.161 e. The van der Waals surface area contributed by atoms with Crippen LogP contribution in [-0.2, 0) is 5.41 Å². The monoisotopic (exact) mass is 690 g/mol. The van der Waals surface area contributed by atoms with Crippen molar-refractivity contribution in [2.24, 2.45) is 0 Å². The first-order valence-corrected chi connectivity index (χ1v) is 18.6. The molecule has 0 saturated heterocycles. The number of hydrogen-bond acceptors (Lipinski definition) is 3. The van der Waals surface area contributed by atoms with Gasteiger partial charge in [-0.2, -0.15) is 0 Å². The molecule has 0 unspecified atom stereocenters. The van der Waals surface area contributed by atoms with Crippen molar-refractivity contribution < 1.29 is 4.42 Å². The Balaban J connectivity index is 1.13. The zero-order valence-electron chi connectivity index (χ0n) is 30.0. The second kappa shape index (κ2) is 11.6. The highest BCUT2D eigenvalue weighted by Gasteiger charge is 2.38. The predicted molar refractivity (Wildman–Crippen MR) is 224 cm³/mol. The molecule has 0 atom stereocenters. The van der Waals surface area contributed by atoms with Crippen LogP contribution in [0.1, 0.15) is 25.0 Å². The third-order valence-corrected chi connectivity index (χ3v) is 11.5. The van der Waals surface area contributed by atoms with Crippen LogP contribution in [0.25, 0.3) is 99.6 Å². The molecule has 0 spiro atoms. The van der Waals surface area contributed by atoms with E-state index in [0.717, 1.165) is 55.4 Å². The van der Waals surface area contributed by atoms with Crippen LogP contribution in [-0.4, -0.2) is 9.97 Å². The molecule has 0 radical (unpaired) electrons. The fourth-order valence-electron chi connectivity index (χ4n) is 8.86. The van der Waals surface area contributed by atoms with Crippen LogP contribution in [0.2, 0.25) is 0 Å². The summed E-state index contributed by atoms with van der Waals surface area (Å²) in [4.78, 5) is 10.6. The number of aromatic nitrogens is 2. The lowest BCUT2D eigenvalue weighted by Gasteiger charge is -2.22. The summed E-state index contributed by atoms with van der Waals surface area (Å²) in [6, 6.07) is 60.5. The number of rotatable bonds is 4. The molecule has 254 valence electrons. The standard InChI is InChI=1S/C51H34N2O/c1-51(2)42-21-12-20-39(49(42)48-34-16-7-6-13-31(34)23-27-43(48)51)37-25-26-40(36-18-9-8-17-35(36)37)50-52-44(32-14-4-3-5-15-32)30-45(53-50)33-24-28-47-41(29-33)38-19-10-11-22-46(38)54-47/h3-30H,1-2H3. The highest BCUT2D eigenvalue weighted by atomic mass is 16.3. The fourth-order valence-corrected chi connectivity index (χ4v) is 8.86. The minimum atomic E-state index is -0.117. The van der Waals surface area contributed by atoms with Crippen LogP contribution in [0.15, 0.2) is 174 Å². The lowest BCUT2D eigenvalue weighted by molar-refractivity contribution is 0.661. The Morgan fingerprint density at radius 2 is 1.06 bits per heavy atom. The smallest absolute Gasteiger partial charge is 0.161 e. The minimum Gasteiger partial charge on any atom is -0.456 e. The van der Waals surface area contributed by atoms with Gasteiger partial charge in [-0.1, -0.05) is 147 Å². The molecule has 0 N–H and O–H groups in total. The molecule has 3 nitrogen and oxygen atoms in total. The third-order valence-electron chi connectivity index (χ3n) is 11.5. The lowest BCUT2D eigenvalue weighted by atomic mass is 9.81. The normalized spacial score (nSPS) is 13.1. The van der Waals surface area contributed by atoms with E-state index in [4.69, 9.17) is 14.4 Å². The summed E-state index contributed by atoms with van der Waals surface area (Å²) in [5.74, 6) is 0.696. The molecule has 1 aliphatic rings. The van der Waals surface area contributed by atoms with Crippen molar-refractivity contribution in [3.8, 4) is 56.2 Å². The first-order chi connectivity index (χ1) is 26.5. The molecular weight excluding hydrogens is 657 g/mol. The molecule has 10 aromatic rings. The SMILES string of the molecule is CC1(C)c2cccc(-c3ccc(-c4nc(-c5ccccc5)cc(-c5ccc6oc7ccccc7c6c5)n4)c4ccccc34)c2-c2c1ccc1ccccc21. The molecule has 2 heterocycles. The fraction of sp³-hybridized carbons (Fsp3) is 0.0588. The topological polar surface area (TPSA) is 38.9 Å². The van der Waals surface area contributed by atoms with Gasteiger partial charge in [0, 0.05) is 32.9 Å². The van der Waals surface area contributed by atoms with Crippen molar-refractivity contribution in [2.45, 2.75) is 19.3 Å². The molecule has 0 fully saturated rings. The Bertz CT molecular complexity index is 3130. The van der Waals surface area contributed by atoms with E-state index in [1.807, 2.05) is 18.2 Å². The summed E-state index contributed by atoms with van der Waals surface area (Å²) in [6.45, 7) is 4.72. The Kier molecular flexibility index (Phi) is 6.60. The Labute approximate surface area is 313 Å². The summed E-state index contributed by atoms with van der Waals surface area (Å²) in [5.41, 5.74) is 14.3. The van der Waals surface area contributed by atoms with Crippen LogP contribution < -0.4 is 0 Å². The van der Waals surface area contributed by atoms with Crippen LogP contribution >= 0.6 is 0 Å². The zero-order chi connectivity index (χ0) is 36.0. The third kappa shape index (κ3) is 4.55. The van der Waals surface area contributed by atoms with Crippen molar-refractivity contribution in [1.29, 1.82) is 0 Å². The average Bonchev–Trinajstić information content (AvgIpc) is 3.72. The summed E-state index contributed by atoms with van der Waals surface area (Å²) in [6.07, 6.45) is 0. The Morgan fingerprint density at radius 1 is 0.407 bits per heavy atom. The quantitative estimate of drug-likeness (QED) is 0.184. The molecule has 0 amide bonds. The lowest BCUT2D eigenvalue weighted by Crippen LogP contribution is -2.14. The van der Waals surface area contributed by atoms with E-state index in [0.29, 0.717) is 5.82 Å². The molecule has 54 heavy (non-hydrogen) atoms. The predicted octanol–water partition coefficient (Wildman–Crippen LogP) is 13.7. The maximum atomic E-state index is 6.17. The van der Waals surface area contributed by atoms with Gasteiger partial charge < -0.3 is 4.42 Å². The molecule has 3 heteroatoms. The van der Waals surface area contributed by atoms with Crippen molar-refractivity contribution >= 4 is 43.5 Å². The summed E-state index contributed by atoms with van der Waals surface area (Å²) >= 11 is 0. The van der Waals surface area contributed by atoms with E-state index < -0.39 is 0 Å². The number of fused-ring (bicyclic) bond motifs is 9. The molecule has 1 aliphatic carbocycles. The van der Waals surface area contributed by atoms with Crippen LogP contribution in [0, 0.1) is 0 Å². The molecule has 0 aliphatic heterocycles. The number of para-hydroxylation sites is 1. The van der Waals surface area contributed by atoms with Gasteiger partial charge in [0.15, 0.2) is 5.82 Å². The van der Waals surface area contributed by atoms with Crippen molar-refractivity contribution in [1.82, 2.24) is 9.97 Å². The Morgan fingerprint density at radius 3 is 1.89 bits per heavy atom. The number of benzene rings is 8. The highest BCUT2D eigenvalue weighted by molar-refractivity contribution is 6.11. The highest BCUT2D eigenvalue weighted by Crippen LogP contribution is 2.55. The van der Waals surface area contributed by atoms with Crippen molar-refractivity contribution in [2.75, 3.05) is 0 Å². The van der Waals surface area contributed by atoms with E-state index in [9.17, 15) is 0 Å². The molecule has 2 aromatic heterocycles. The molecule has 0 bridgehead atoms. The van der Waals surface area contributed by atoms with Gasteiger partial charge in [0.05, 0.1) is 11.4 Å². The van der Waals surface area contributed by atoms with Gasteiger partial charge in [-0.3, -0.25) is 0 Å². The number of hydrogen-bond donors (Lipinski definition) is 0. The summed E-state index contributed by atoms with van der Waals surface area (Å²) < 4.78 is 6.17. The second-order valence-electron chi connectivity index (χ2n) is 14.9. The maximum absolute atomic E-state index is 6.17. The van der Waals surface area contributed by atoms with Crippen LogP contribution in [0.3, 0.4) is 0 Å². The Hall–Kier alpha value is -6.84. The minimum absolute atomic E-state index is 0.117. The van der Waals surface area contributed by atoms with Gasteiger partial charge in [0.1, 0.15) is 11.2 Å². The number of nitrogens with zero attached hydrogens (tertiary/aromatic N) is 2. The van der Waals surface area contributed by atoms with E-state index >= 15 is 0 Å². The summed E-state index contributed by atoms with van der Waals surface area (Å²) in [7, 11) is 0. The van der Waals surface area contributed by atoms with Crippen molar-refractivity contribution in [3.63, 3.8) is 0 Å². The van der Waals surface area contributed by atoms with Gasteiger partial charge in [0.25, 0.3) is 0 Å². The number of furan rings is 1. The van der Waals surface area contributed by atoms with Crippen molar-refractivity contribution in [3.05, 3.63) is 181 Å². The molecule has 8 aromatic carbocycles. The molecular formula is C51H34N2O. The molecule has 0 saturated carbocycles. The largest absolute Gasteiger partial charge is 0.456 e. The average molecular weight is 691 g/mol. The summed E-state index contributed by atoms with van der Waals surface area (Å²) in [5, 5.41) is 7.04. The molecule has 11 rings (SSSR count). The van der Waals surface area contributed by atoms with Gasteiger partial charge in [-0.05, 0) is 91.3 Å². The van der Waals surface area contributed by atoms with Gasteiger partial charge in [0.2, 0.25) is 0 Å². The van der Waals surface area contributed by atoms with Gasteiger partial charge >= 0.3 is 0 Å². The van der Waals surface area contributed by atoms with Gasteiger partial charge in [-0.25, -0.2) is 9.97 Å². The van der Waals surface area contributed by atoms with Gasteiger partial charge in [-0.15, -0.1) is 0 Å². The zero-order valence-corrected chi connectivity index (χ0v) is 30.0.